The molecule has 0 bridgehead atoms. The van der Waals surface area contributed by atoms with Crippen molar-refractivity contribution in [3.63, 3.8) is 0 Å². The van der Waals surface area contributed by atoms with Gasteiger partial charge in [-0.15, -0.1) is 0 Å². The molecule has 1 fully saturated rings. The molecule has 2 N–H and O–H groups in total. The van der Waals surface area contributed by atoms with Crippen LogP contribution in [0.3, 0.4) is 0 Å². The van der Waals surface area contributed by atoms with Crippen molar-refractivity contribution in [1.82, 2.24) is 5.32 Å². The van der Waals surface area contributed by atoms with E-state index in [-0.39, 0.29) is 11.7 Å². The summed E-state index contributed by atoms with van der Waals surface area (Å²) in [5.41, 5.74) is 1.40. The van der Waals surface area contributed by atoms with E-state index in [1.54, 1.807) is 6.07 Å². The highest BCUT2D eigenvalue weighted by molar-refractivity contribution is 9.10. The number of rotatable bonds is 4. The number of aryl methyl sites for hydroxylation is 1. The van der Waals surface area contributed by atoms with Gasteiger partial charge >= 0.3 is 0 Å². The number of hydrogen-bond acceptors (Lipinski definition) is 2. The minimum absolute atomic E-state index is 0.0447. The zero-order chi connectivity index (χ0) is 13.8. The van der Waals surface area contributed by atoms with Gasteiger partial charge in [0.2, 0.25) is 5.91 Å². The average molecular weight is 329 g/mol. The molecule has 0 aliphatic carbocycles. The van der Waals surface area contributed by atoms with Crippen molar-refractivity contribution < 1.29 is 9.18 Å². The van der Waals surface area contributed by atoms with Crippen LogP contribution in [0.25, 0.3) is 0 Å². The third-order valence-corrected chi connectivity index (χ3v) is 4.09. The number of halogens is 2. The van der Waals surface area contributed by atoms with Crippen molar-refractivity contribution in [2.45, 2.75) is 26.2 Å². The van der Waals surface area contributed by atoms with Gasteiger partial charge in [-0.2, -0.15) is 0 Å². The van der Waals surface area contributed by atoms with Crippen LogP contribution < -0.4 is 10.6 Å². The molecule has 104 valence electrons. The number of anilines is 1. The van der Waals surface area contributed by atoms with Gasteiger partial charge in [-0.3, -0.25) is 4.79 Å². The second-order valence-corrected chi connectivity index (χ2v) is 5.88. The Morgan fingerprint density at radius 1 is 1.58 bits per heavy atom. The van der Waals surface area contributed by atoms with Crippen molar-refractivity contribution in [2.75, 3.05) is 18.4 Å². The Balaban J connectivity index is 1.89. The van der Waals surface area contributed by atoms with Crippen LogP contribution in [0, 0.1) is 18.7 Å². The summed E-state index contributed by atoms with van der Waals surface area (Å²) in [5, 5.41) is 6.06. The molecule has 19 heavy (non-hydrogen) atoms. The van der Waals surface area contributed by atoms with Crippen LogP contribution in [0.5, 0.6) is 0 Å². The highest BCUT2D eigenvalue weighted by Crippen LogP contribution is 2.24. The summed E-state index contributed by atoms with van der Waals surface area (Å²) >= 11 is 3.13. The number of benzene rings is 1. The topological polar surface area (TPSA) is 41.1 Å². The lowest BCUT2D eigenvalue weighted by atomic mass is 10.0. The Labute approximate surface area is 121 Å². The SMILES string of the molecule is Cc1cc(Br)c(F)cc1NC(=O)CCC1CCNC1. The van der Waals surface area contributed by atoms with E-state index in [0.717, 1.165) is 31.5 Å². The van der Waals surface area contributed by atoms with Gasteiger partial charge in [0.25, 0.3) is 0 Å². The third-order valence-electron chi connectivity index (χ3n) is 3.48. The van der Waals surface area contributed by atoms with Crippen LogP contribution in [0.1, 0.15) is 24.8 Å². The van der Waals surface area contributed by atoms with Crippen LogP contribution >= 0.6 is 15.9 Å². The molecule has 0 aromatic heterocycles. The number of amides is 1. The quantitative estimate of drug-likeness (QED) is 0.890. The summed E-state index contributed by atoms with van der Waals surface area (Å²) in [6.07, 6.45) is 2.51. The van der Waals surface area contributed by atoms with Crippen molar-refractivity contribution in [3.8, 4) is 0 Å². The van der Waals surface area contributed by atoms with E-state index >= 15 is 0 Å². The number of hydrogen-bond donors (Lipinski definition) is 2. The Morgan fingerprint density at radius 2 is 2.37 bits per heavy atom. The summed E-state index contributed by atoms with van der Waals surface area (Å²) in [4.78, 5) is 11.9. The maximum Gasteiger partial charge on any atom is 0.224 e. The summed E-state index contributed by atoms with van der Waals surface area (Å²) in [5.74, 6) is 0.186. The molecule has 0 radical (unpaired) electrons. The lowest BCUT2D eigenvalue weighted by molar-refractivity contribution is -0.116. The van der Waals surface area contributed by atoms with Crippen molar-refractivity contribution >= 4 is 27.5 Å². The standard InChI is InChI=1S/C14H18BrFN2O/c1-9-6-11(15)12(16)7-13(9)18-14(19)3-2-10-4-5-17-8-10/h6-7,10,17H,2-5,8H2,1H3,(H,18,19). The first kappa shape index (κ1) is 14.5. The second kappa shape index (κ2) is 6.48. The summed E-state index contributed by atoms with van der Waals surface area (Å²) < 4.78 is 13.9. The minimum atomic E-state index is -0.360. The third kappa shape index (κ3) is 4.01. The highest BCUT2D eigenvalue weighted by atomic mass is 79.9. The van der Waals surface area contributed by atoms with Gasteiger partial charge < -0.3 is 10.6 Å². The largest absolute Gasteiger partial charge is 0.326 e. The zero-order valence-electron chi connectivity index (χ0n) is 10.9. The lowest BCUT2D eigenvalue weighted by Gasteiger charge is -2.11. The molecule has 0 spiro atoms. The fraction of sp³-hybridized carbons (Fsp3) is 0.500. The first-order valence-electron chi connectivity index (χ1n) is 6.52. The van der Waals surface area contributed by atoms with E-state index in [0.29, 0.717) is 22.5 Å². The fourth-order valence-electron chi connectivity index (χ4n) is 2.29. The van der Waals surface area contributed by atoms with Crippen molar-refractivity contribution in [1.29, 1.82) is 0 Å². The summed E-state index contributed by atoms with van der Waals surface area (Å²) in [6, 6.07) is 3.03. The van der Waals surface area contributed by atoms with E-state index in [9.17, 15) is 9.18 Å². The van der Waals surface area contributed by atoms with Gasteiger partial charge in [0.15, 0.2) is 0 Å². The van der Waals surface area contributed by atoms with Gasteiger partial charge in [-0.1, -0.05) is 0 Å². The monoisotopic (exact) mass is 328 g/mol. The molecule has 1 atom stereocenters. The number of nitrogens with one attached hydrogen (secondary N) is 2. The Kier molecular flexibility index (Phi) is 4.93. The molecule has 1 heterocycles. The van der Waals surface area contributed by atoms with Crippen LogP contribution in [0.15, 0.2) is 16.6 Å². The van der Waals surface area contributed by atoms with Gasteiger partial charge in [0, 0.05) is 12.1 Å². The molecule has 1 saturated heterocycles. The van der Waals surface area contributed by atoms with Crippen LogP contribution in [-0.2, 0) is 4.79 Å². The minimum Gasteiger partial charge on any atom is -0.326 e. The van der Waals surface area contributed by atoms with E-state index < -0.39 is 0 Å². The van der Waals surface area contributed by atoms with Gasteiger partial charge in [-0.05, 0) is 72.4 Å². The summed E-state index contributed by atoms with van der Waals surface area (Å²) in [6.45, 7) is 3.89. The molecule has 1 aromatic rings. The maximum absolute atomic E-state index is 13.4. The highest BCUT2D eigenvalue weighted by Gasteiger charge is 2.16. The summed E-state index contributed by atoms with van der Waals surface area (Å²) in [7, 11) is 0. The van der Waals surface area contributed by atoms with Crippen LogP contribution in [-0.4, -0.2) is 19.0 Å². The first-order chi connectivity index (χ1) is 9.06. The average Bonchev–Trinajstić information content (AvgIpc) is 2.86. The zero-order valence-corrected chi connectivity index (χ0v) is 12.5. The van der Waals surface area contributed by atoms with E-state index in [1.165, 1.54) is 6.07 Å². The molecule has 3 nitrogen and oxygen atoms in total. The Hall–Kier alpha value is -0.940. The number of carbonyl (C=O) groups excluding carboxylic acids is 1. The Bertz CT molecular complexity index is 473. The Morgan fingerprint density at radius 3 is 3.05 bits per heavy atom. The van der Waals surface area contributed by atoms with Crippen LogP contribution in [0.4, 0.5) is 10.1 Å². The van der Waals surface area contributed by atoms with E-state index in [4.69, 9.17) is 0 Å². The van der Waals surface area contributed by atoms with Crippen LogP contribution in [0.2, 0.25) is 0 Å². The molecule has 1 aliphatic rings. The normalized spacial score (nSPS) is 18.6. The molecular weight excluding hydrogens is 311 g/mol. The molecule has 0 saturated carbocycles. The molecule has 1 unspecified atom stereocenters. The van der Waals surface area contributed by atoms with Crippen molar-refractivity contribution in [3.05, 3.63) is 28.0 Å². The molecule has 5 heteroatoms. The molecule has 1 aliphatic heterocycles. The molecular formula is C14H18BrFN2O. The predicted octanol–water partition coefficient (Wildman–Crippen LogP) is 3.22. The predicted molar refractivity (Wildman–Crippen MR) is 77.7 cm³/mol. The van der Waals surface area contributed by atoms with Gasteiger partial charge in [-0.25, -0.2) is 4.39 Å². The second-order valence-electron chi connectivity index (χ2n) is 5.03. The molecule has 2 rings (SSSR count). The lowest BCUT2D eigenvalue weighted by Crippen LogP contribution is -2.15. The van der Waals surface area contributed by atoms with Gasteiger partial charge in [0.1, 0.15) is 5.82 Å². The number of carbonyl (C=O) groups is 1. The van der Waals surface area contributed by atoms with Gasteiger partial charge in [0.05, 0.1) is 4.47 Å². The van der Waals surface area contributed by atoms with E-state index in [2.05, 4.69) is 26.6 Å². The first-order valence-corrected chi connectivity index (χ1v) is 7.32. The fourth-order valence-corrected chi connectivity index (χ4v) is 2.75. The molecule has 1 aromatic carbocycles. The van der Waals surface area contributed by atoms with E-state index in [1.807, 2.05) is 6.92 Å². The molecule has 1 amide bonds. The smallest absolute Gasteiger partial charge is 0.224 e. The van der Waals surface area contributed by atoms with Crippen molar-refractivity contribution in [2.24, 2.45) is 5.92 Å². The maximum atomic E-state index is 13.4.